The Hall–Kier alpha value is -2.73. The van der Waals surface area contributed by atoms with Gasteiger partial charge in [0.1, 0.15) is 11.6 Å². The first-order chi connectivity index (χ1) is 12.0. The van der Waals surface area contributed by atoms with Crippen LogP contribution in [0, 0.1) is 11.6 Å². The van der Waals surface area contributed by atoms with Crippen LogP contribution in [0.4, 0.5) is 14.5 Å². The zero-order chi connectivity index (χ0) is 17.8. The Bertz CT molecular complexity index is 886. The molecule has 0 radical (unpaired) electrons. The average molecular weight is 343 g/mol. The Morgan fingerprint density at radius 3 is 2.68 bits per heavy atom. The molecule has 0 aliphatic heterocycles. The maximum absolute atomic E-state index is 14.1. The summed E-state index contributed by atoms with van der Waals surface area (Å²) in [7, 11) is 0. The van der Waals surface area contributed by atoms with Crippen LogP contribution >= 0.6 is 0 Å². The molecule has 130 valence electrons. The number of benzene rings is 2. The van der Waals surface area contributed by atoms with Crippen molar-refractivity contribution in [2.75, 3.05) is 11.9 Å². The van der Waals surface area contributed by atoms with E-state index in [0.29, 0.717) is 29.9 Å². The van der Waals surface area contributed by atoms with Crippen molar-refractivity contribution in [3.8, 4) is 0 Å². The second-order valence-electron chi connectivity index (χ2n) is 5.94. The van der Waals surface area contributed by atoms with Gasteiger partial charge in [-0.1, -0.05) is 18.2 Å². The highest BCUT2D eigenvalue weighted by atomic mass is 19.1. The van der Waals surface area contributed by atoms with Gasteiger partial charge in [0.25, 0.3) is 0 Å². The summed E-state index contributed by atoms with van der Waals surface area (Å²) in [5.74, 6) is -0.665. The molecule has 1 aromatic heterocycles. The molecule has 2 aromatic carbocycles. The number of hydrogen-bond donors (Lipinski definition) is 3. The first kappa shape index (κ1) is 17.1. The van der Waals surface area contributed by atoms with Gasteiger partial charge in [-0.05, 0) is 43.2 Å². The Balaban J connectivity index is 1.84. The van der Waals surface area contributed by atoms with Gasteiger partial charge >= 0.3 is 0 Å². The molecule has 3 rings (SSSR count). The quantitative estimate of drug-likeness (QED) is 0.629. The largest absolute Gasteiger partial charge is 0.393 e. The number of fused-ring (bicyclic) bond motifs is 1. The van der Waals surface area contributed by atoms with E-state index in [1.54, 1.807) is 31.2 Å². The molecule has 3 N–H and O–H groups in total. The van der Waals surface area contributed by atoms with Crippen molar-refractivity contribution in [3.05, 3.63) is 59.3 Å². The van der Waals surface area contributed by atoms with E-state index in [1.807, 2.05) is 6.08 Å². The second-order valence-corrected chi connectivity index (χ2v) is 5.94. The normalized spacial score (nSPS) is 12.8. The number of aliphatic hydroxyl groups excluding tert-OH is 1. The number of hydrogen-bond acceptors (Lipinski definition) is 3. The summed E-state index contributed by atoms with van der Waals surface area (Å²) in [6.45, 7) is 2.16. The van der Waals surface area contributed by atoms with Crippen molar-refractivity contribution in [1.82, 2.24) is 10.2 Å². The van der Waals surface area contributed by atoms with Crippen molar-refractivity contribution < 1.29 is 13.9 Å². The number of halogens is 2. The summed E-state index contributed by atoms with van der Waals surface area (Å²) < 4.78 is 27.1. The van der Waals surface area contributed by atoms with Gasteiger partial charge in [-0.2, -0.15) is 5.10 Å². The van der Waals surface area contributed by atoms with Crippen LogP contribution in [-0.2, 0) is 0 Å². The minimum Gasteiger partial charge on any atom is -0.393 e. The van der Waals surface area contributed by atoms with E-state index in [-0.39, 0.29) is 11.6 Å². The SMILES string of the molecule is CC(O)CCNc1cc2c(/C=C/c3ccc(F)cc3)n[nH]c2cc1F. The minimum absolute atomic E-state index is 0.286. The summed E-state index contributed by atoms with van der Waals surface area (Å²) >= 11 is 0. The van der Waals surface area contributed by atoms with Crippen molar-refractivity contribution in [1.29, 1.82) is 0 Å². The van der Waals surface area contributed by atoms with E-state index in [0.717, 1.165) is 10.9 Å². The number of aromatic amines is 1. The molecule has 0 saturated carbocycles. The Labute approximate surface area is 144 Å². The standard InChI is InChI=1S/C19H19F2N3O/c1-12(25)8-9-22-19-10-15-17(23-24-18(15)11-16(19)21)7-4-13-2-5-14(20)6-3-13/h2-7,10-12,22,25H,8-9H2,1H3,(H,23,24)/b7-4+. The maximum Gasteiger partial charge on any atom is 0.148 e. The number of nitrogens with zero attached hydrogens (tertiary/aromatic N) is 1. The third-order valence-corrected chi connectivity index (χ3v) is 3.86. The molecule has 3 aromatic rings. The molecule has 4 nitrogen and oxygen atoms in total. The van der Waals surface area contributed by atoms with Gasteiger partial charge in [-0.25, -0.2) is 8.78 Å². The zero-order valence-corrected chi connectivity index (χ0v) is 13.8. The van der Waals surface area contributed by atoms with Gasteiger partial charge in [0.05, 0.1) is 23.0 Å². The number of aliphatic hydroxyl groups is 1. The molecular weight excluding hydrogens is 324 g/mol. The van der Waals surface area contributed by atoms with Gasteiger partial charge in [-0.3, -0.25) is 5.10 Å². The molecule has 25 heavy (non-hydrogen) atoms. The third-order valence-electron chi connectivity index (χ3n) is 3.86. The van der Waals surface area contributed by atoms with E-state index >= 15 is 0 Å². The molecule has 0 saturated heterocycles. The fraction of sp³-hybridized carbons (Fsp3) is 0.211. The van der Waals surface area contributed by atoms with Crippen LogP contribution in [-0.4, -0.2) is 28.0 Å². The van der Waals surface area contributed by atoms with Crippen molar-refractivity contribution >= 4 is 28.7 Å². The van der Waals surface area contributed by atoms with E-state index < -0.39 is 6.10 Å². The van der Waals surface area contributed by atoms with E-state index in [2.05, 4.69) is 15.5 Å². The topological polar surface area (TPSA) is 60.9 Å². The molecule has 0 aliphatic carbocycles. The lowest BCUT2D eigenvalue weighted by atomic mass is 10.1. The van der Waals surface area contributed by atoms with Crippen LogP contribution in [0.25, 0.3) is 23.1 Å². The van der Waals surface area contributed by atoms with Crippen LogP contribution in [0.3, 0.4) is 0 Å². The fourth-order valence-corrected chi connectivity index (χ4v) is 2.49. The van der Waals surface area contributed by atoms with Gasteiger partial charge in [-0.15, -0.1) is 0 Å². The first-order valence-corrected chi connectivity index (χ1v) is 8.06. The number of rotatable bonds is 6. The predicted molar refractivity (Wildman–Crippen MR) is 96.2 cm³/mol. The molecule has 1 unspecified atom stereocenters. The lowest BCUT2D eigenvalue weighted by Gasteiger charge is -2.09. The highest BCUT2D eigenvalue weighted by Gasteiger charge is 2.09. The summed E-state index contributed by atoms with van der Waals surface area (Å²) in [6, 6.07) is 9.21. The first-order valence-electron chi connectivity index (χ1n) is 8.06. The molecular formula is C19H19F2N3O. The average Bonchev–Trinajstić information content (AvgIpc) is 2.96. The molecule has 0 amide bonds. The number of anilines is 1. The van der Waals surface area contributed by atoms with Crippen LogP contribution in [0.15, 0.2) is 36.4 Å². The Morgan fingerprint density at radius 1 is 1.20 bits per heavy atom. The molecule has 1 atom stereocenters. The summed E-state index contributed by atoms with van der Waals surface area (Å²) in [4.78, 5) is 0. The molecule has 1 heterocycles. The maximum atomic E-state index is 14.1. The number of aromatic nitrogens is 2. The van der Waals surface area contributed by atoms with Crippen LogP contribution in [0.5, 0.6) is 0 Å². The van der Waals surface area contributed by atoms with Crippen LogP contribution in [0.1, 0.15) is 24.6 Å². The van der Waals surface area contributed by atoms with E-state index in [9.17, 15) is 13.9 Å². The van der Waals surface area contributed by atoms with Gasteiger partial charge in [0.2, 0.25) is 0 Å². The van der Waals surface area contributed by atoms with Gasteiger partial charge < -0.3 is 10.4 Å². The summed E-state index contributed by atoms with van der Waals surface area (Å²) in [6.07, 6.45) is 3.70. The van der Waals surface area contributed by atoms with Crippen LogP contribution < -0.4 is 5.32 Å². The molecule has 0 spiro atoms. The highest BCUT2D eigenvalue weighted by molar-refractivity contribution is 5.91. The Morgan fingerprint density at radius 2 is 1.96 bits per heavy atom. The lowest BCUT2D eigenvalue weighted by Crippen LogP contribution is -2.10. The zero-order valence-electron chi connectivity index (χ0n) is 13.8. The molecule has 0 aliphatic rings. The van der Waals surface area contributed by atoms with E-state index in [4.69, 9.17) is 0 Å². The minimum atomic E-state index is -0.442. The molecule has 0 fully saturated rings. The highest BCUT2D eigenvalue weighted by Crippen LogP contribution is 2.25. The Kier molecular flexibility index (Phi) is 5.09. The van der Waals surface area contributed by atoms with Gasteiger partial charge in [0.15, 0.2) is 0 Å². The van der Waals surface area contributed by atoms with Crippen molar-refractivity contribution in [3.63, 3.8) is 0 Å². The summed E-state index contributed by atoms with van der Waals surface area (Å²) in [5.41, 5.74) is 2.47. The fourth-order valence-electron chi connectivity index (χ4n) is 2.49. The van der Waals surface area contributed by atoms with Crippen LogP contribution in [0.2, 0.25) is 0 Å². The van der Waals surface area contributed by atoms with Gasteiger partial charge in [0, 0.05) is 18.0 Å². The van der Waals surface area contributed by atoms with Crippen molar-refractivity contribution in [2.24, 2.45) is 0 Å². The summed E-state index contributed by atoms with van der Waals surface area (Å²) in [5, 5.41) is 20.1. The number of H-pyrrole nitrogens is 1. The monoisotopic (exact) mass is 343 g/mol. The smallest absolute Gasteiger partial charge is 0.148 e. The molecule has 0 bridgehead atoms. The second kappa shape index (κ2) is 7.44. The lowest BCUT2D eigenvalue weighted by molar-refractivity contribution is 0.188. The number of nitrogens with one attached hydrogen (secondary N) is 2. The third kappa shape index (κ3) is 4.22. The van der Waals surface area contributed by atoms with E-state index in [1.165, 1.54) is 18.2 Å². The predicted octanol–water partition coefficient (Wildman–Crippen LogP) is 4.19. The molecule has 6 heteroatoms. The van der Waals surface area contributed by atoms with Crippen molar-refractivity contribution in [2.45, 2.75) is 19.4 Å².